The molecule has 5 heteroatoms. The zero-order valence-electron chi connectivity index (χ0n) is 10.3. The maximum atomic E-state index is 11.2. The average molecular weight is 234 g/mol. The molecule has 0 saturated heterocycles. The number of carbonyl (C=O) groups excluding carboxylic acids is 1. The summed E-state index contributed by atoms with van der Waals surface area (Å²) >= 11 is 0. The predicted octanol–water partition coefficient (Wildman–Crippen LogP) is 0.0727. The lowest BCUT2D eigenvalue weighted by Gasteiger charge is -2.41. The third-order valence-corrected chi connectivity index (χ3v) is 3.84. The lowest BCUT2D eigenvalue weighted by atomic mass is 10.1. The van der Waals surface area contributed by atoms with Crippen LogP contribution in [0.3, 0.4) is 0 Å². The van der Waals surface area contributed by atoms with Gasteiger partial charge in [-0.1, -0.05) is 0 Å². The maximum absolute atomic E-state index is 11.2. The Kier molecular flexibility index (Phi) is 6.27. The van der Waals surface area contributed by atoms with E-state index in [1.165, 1.54) is 0 Å². The second kappa shape index (κ2) is 6.37. The fraction of sp³-hybridized carbons (Fsp3) is 0.900. The molecule has 0 heterocycles. The number of hydrogen-bond donors (Lipinski definition) is 0. The molecule has 0 aromatic rings. The van der Waals surface area contributed by atoms with E-state index in [-0.39, 0.29) is 0 Å². The van der Waals surface area contributed by atoms with Gasteiger partial charge >= 0.3 is 0 Å². The van der Waals surface area contributed by atoms with Crippen LogP contribution in [0.5, 0.6) is 0 Å². The largest absolute Gasteiger partial charge is 0.367 e. The molecule has 0 aliphatic heterocycles. The minimum absolute atomic E-state index is 0.470. The van der Waals surface area contributed by atoms with Crippen LogP contribution in [0.2, 0.25) is 0 Å². The summed E-state index contributed by atoms with van der Waals surface area (Å²) in [7, 11) is 0.525. The maximum Gasteiger partial charge on any atom is 0.197 e. The number of rotatable bonds is 8. The number of aldehydes is 1. The average Bonchev–Trinajstić information content (AvgIpc) is 2.18. The highest BCUT2D eigenvalue weighted by atomic mass is 28.1. The Balaban J connectivity index is 4.89. The minimum Gasteiger partial charge on any atom is -0.367 e. The molecule has 0 N–H and O–H groups in total. The monoisotopic (exact) mass is 234 g/mol. The van der Waals surface area contributed by atoms with Crippen molar-refractivity contribution in [1.82, 2.24) is 0 Å². The van der Waals surface area contributed by atoms with Gasteiger partial charge in [0.05, 0.1) is 10.2 Å². The van der Waals surface area contributed by atoms with Crippen molar-refractivity contribution < 1.29 is 19.0 Å². The molecule has 90 valence electrons. The second-order valence-corrected chi connectivity index (χ2v) is 4.96. The van der Waals surface area contributed by atoms with E-state index in [1.54, 1.807) is 6.92 Å². The van der Waals surface area contributed by atoms with Crippen LogP contribution in [0.1, 0.15) is 27.7 Å². The molecule has 0 aromatic heterocycles. The molecule has 15 heavy (non-hydrogen) atoms. The first-order chi connectivity index (χ1) is 6.99. The number of carbonyl (C=O) groups is 1. The fourth-order valence-electron chi connectivity index (χ4n) is 1.45. The molecule has 0 bridgehead atoms. The molecular weight excluding hydrogens is 212 g/mol. The second-order valence-electron chi connectivity index (χ2n) is 3.47. The van der Waals surface area contributed by atoms with E-state index in [1.807, 2.05) is 20.8 Å². The Labute approximate surface area is 94.7 Å². The Hall–Kier alpha value is -0.233. The molecule has 1 atom stereocenters. The molecule has 0 aliphatic carbocycles. The van der Waals surface area contributed by atoms with Gasteiger partial charge in [-0.2, -0.15) is 0 Å². The zero-order chi connectivity index (χ0) is 11.9. The lowest BCUT2D eigenvalue weighted by Crippen LogP contribution is -2.59. The van der Waals surface area contributed by atoms with Gasteiger partial charge in [-0.05, 0) is 27.7 Å². The van der Waals surface area contributed by atoms with Gasteiger partial charge in [-0.3, -0.25) is 0 Å². The summed E-state index contributed by atoms with van der Waals surface area (Å²) < 4.78 is 16.6. The van der Waals surface area contributed by atoms with Crippen molar-refractivity contribution in [2.45, 2.75) is 38.7 Å². The minimum atomic E-state index is -0.972. The van der Waals surface area contributed by atoms with E-state index in [0.717, 1.165) is 6.29 Å². The number of hydrogen-bond acceptors (Lipinski definition) is 4. The van der Waals surface area contributed by atoms with Crippen LogP contribution in [-0.4, -0.2) is 47.4 Å². The Bertz CT molecular complexity index is 192. The van der Waals surface area contributed by atoms with Crippen molar-refractivity contribution in [3.05, 3.63) is 0 Å². The van der Waals surface area contributed by atoms with Crippen LogP contribution >= 0.6 is 0 Å². The highest BCUT2D eigenvalue weighted by molar-refractivity contribution is 6.24. The standard InChI is InChI=1S/C10H22O4Si/c1-5-12-9(4,13-6-2)10(15,8-11)14-7-3/h8H,5-7H2,1-4,15H3. The molecular formula is C10H22O4Si. The number of ether oxygens (including phenoxy) is 3. The first-order valence-corrected chi connectivity index (χ1v) is 6.37. The van der Waals surface area contributed by atoms with Crippen molar-refractivity contribution in [3.63, 3.8) is 0 Å². The molecule has 4 nitrogen and oxygen atoms in total. The normalized spacial score (nSPS) is 16.3. The van der Waals surface area contributed by atoms with Crippen LogP contribution in [0.15, 0.2) is 0 Å². The molecule has 0 spiro atoms. The van der Waals surface area contributed by atoms with Crippen molar-refractivity contribution in [3.8, 4) is 0 Å². The van der Waals surface area contributed by atoms with Gasteiger partial charge in [0.15, 0.2) is 17.3 Å². The summed E-state index contributed by atoms with van der Waals surface area (Å²) in [6, 6.07) is 0. The van der Waals surface area contributed by atoms with Crippen LogP contribution in [0.25, 0.3) is 0 Å². The SMILES string of the molecule is CCOC([SiH3])(C=O)C(C)(OCC)OCC. The van der Waals surface area contributed by atoms with E-state index >= 15 is 0 Å². The smallest absolute Gasteiger partial charge is 0.197 e. The molecule has 0 amide bonds. The summed E-state index contributed by atoms with van der Waals surface area (Å²) in [5.41, 5.74) is 0. The topological polar surface area (TPSA) is 44.8 Å². The van der Waals surface area contributed by atoms with E-state index in [2.05, 4.69) is 0 Å². The van der Waals surface area contributed by atoms with Gasteiger partial charge in [-0.15, -0.1) is 0 Å². The van der Waals surface area contributed by atoms with Crippen molar-refractivity contribution >= 4 is 16.5 Å². The predicted molar refractivity (Wildman–Crippen MR) is 62.0 cm³/mol. The molecule has 0 rings (SSSR count). The molecule has 0 fully saturated rings. The van der Waals surface area contributed by atoms with Gasteiger partial charge in [-0.25, -0.2) is 0 Å². The van der Waals surface area contributed by atoms with Gasteiger partial charge in [0.25, 0.3) is 0 Å². The highest BCUT2D eigenvalue weighted by Gasteiger charge is 2.47. The van der Waals surface area contributed by atoms with E-state index in [4.69, 9.17) is 14.2 Å². The summed E-state index contributed by atoms with van der Waals surface area (Å²) in [5, 5.41) is -0.937. The molecule has 0 aromatic carbocycles. The van der Waals surface area contributed by atoms with Crippen LogP contribution < -0.4 is 0 Å². The van der Waals surface area contributed by atoms with Crippen LogP contribution in [0.4, 0.5) is 0 Å². The van der Waals surface area contributed by atoms with Crippen molar-refractivity contribution in [2.75, 3.05) is 19.8 Å². The van der Waals surface area contributed by atoms with Crippen LogP contribution in [0, 0.1) is 0 Å². The van der Waals surface area contributed by atoms with Crippen LogP contribution in [-0.2, 0) is 19.0 Å². The molecule has 0 radical (unpaired) electrons. The lowest BCUT2D eigenvalue weighted by molar-refractivity contribution is -0.281. The van der Waals surface area contributed by atoms with Crippen molar-refractivity contribution in [1.29, 1.82) is 0 Å². The van der Waals surface area contributed by atoms with E-state index in [0.29, 0.717) is 30.1 Å². The summed E-state index contributed by atoms with van der Waals surface area (Å²) in [6.07, 6.45) is 0.800. The Morgan fingerprint density at radius 3 is 1.73 bits per heavy atom. The summed E-state index contributed by atoms with van der Waals surface area (Å²) in [5.74, 6) is -0.972. The Morgan fingerprint density at radius 2 is 1.47 bits per heavy atom. The first-order valence-electron chi connectivity index (χ1n) is 5.37. The fourth-order valence-corrected chi connectivity index (χ4v) is 2.03. The van der Waals surface area contributed by atoms with E-state index in [9.17, 15) is 4.79 Å². The third kappa shape index (κ3) is 3.37. The molecule has 1 unspecified atom stereocenters. The van der Waals surface area contributed by atoms with Gasteiger partial charge in [0, 0.05) is 19.8 Å². The zero-order valence-corrected chi connectivity index (χ0v) is 12.3. The third-order valence-electron chi connectivity index (χ3n) is 2.41. The van der Waals surface area contributed by atoms with E-state index < -0.39 is 11.0 Å². The summed E-state index contributed by atoms with van der Waals surface area (Å²) in [4.78, 5) is 11.2. The van der Waals surface area contributed by atoms with Gasteiger partial charge < -0.3 is 19.0 Å². The highest BCUT2D eigenvalue weighted by Crippen LogP contribution is 2.27. The Morgan fingerprint density at radius 1 is 1.07 bits per heavy atom. The summed E-state index contributed by atoms with van der Waals surface area (Å²) in [6.45, 7) is 8.80. The van der Waals surface area contributed by atoms with Gasteiger partial charge in [0.2, 0.25) is 0 Å². The first kappa shape index (κ1) is 14.8. The van der Waals surface area contributed by atoms with Gasteiger partial charge in [0.1, 0.15) is 0 Å². The molecule has 0 aliphatic rings. The quantitative estimate of drug-likeness (QED) is 0.339. The van der Waals surface area contributed by atoms with Crippen molar-refractivity contribution in [2.24, 2.45) is 0 Å². The molecule has 0 saturated carbocycles.